The Morgan fingerprint density at radius 3 is 2.61 bits per heavy atom. The summed E-state index contributed by atoms with van der Waals surface area (Å²) in [6, 6.07) is 3.09. The zero-order valence-electron chi connectivity index (χ0n) is 10.6. The third-order valence-corrected chi connectivity index (χ3v) is 2.46. The third kappa shape index (κ3) is 3.18. The van der Waals surface area contributed by atoms with Gasteiger partial charge in [0.05, 0.1) is 13.7 Å². The molecule has 0 aromatic carbocycles. The van der Waals surface area contributed by atoms with Crippen molar-refractivity contribution in [2.24, 2.45) is 0 Å². The van der Waals surface area contributed by atoms with Crippen LogP contribution in [0.5, 0.6) is 5.88 Å². The van der Waals surface area contributed by atoms with Crippen molar-refractivity contribution in [1.82, 2.24) is 4.98 Å². The molecule has 0 saturated carbocycles. The van der Waals surface area contributed by atoms with Crippen LogP contribution in [0.3, 0.4) is 0 Å². The molecule has 0 bridgehead atoms. The van der Waals surface area contributed by atoms with Crippen molar-refractivity contribution in [2.75, 3.05) is 13.7 Å². The van der Waals surface area contributed by atoms with Gasteiger partial charge in [0.15, 0.2) is 6.10 Å². The van der Waals surface area contributed by atoms with Gasteiger partial charge in [-0.15, -0.1) is 0 Å². The van der Waals surface area contributed by atoms with Gasteiger partial charge in [0.1, 0.15) is 6.10 Å². The molecular formula is C12H17NO5. The summed E-state index contributed by atoms with van der Waals surface area (Å²) in [7, 11) is 1.48. The zero-order valence-corrected chi connectivity index (χ0v) is 10.6. The Labute approximate surface area is 105 Å². The SMILES string of the molecule is CCOC(=O)C(O)C(O)c1ccc(OC)nc1C. The van der Waals surface area contributed by atoms with Gasteiger partial charge in [-0.2, -0.15) is 0 Å². The number of aliphatic hydroxyl groups excluding tert-OH is 2. The summed E-state index contributed by atoms with van der Waals surface area (Å²) >= 11 is 0. The van der Waals surface area contributed by atoms with Crippen LogP contribution < -0.4 is 4.74 Å². The fourth-order valence-electron chi connectivity index (χ4n) is 1.50. The molecule has 0 fully saturated rings. The van der Waals surface area contributed by atoms with E-state index in [9.17, 15) is 15.0 Å². The summed E-state index contributed by atoms with van der Waals surface area (Å²) in [6.07, 6.45) is -3.00. The molecule has 2 N–H and O–H groups in total. The van der Waals surface area contributed by atoms with Gasteiger partial charge in [-0.3, -0.25) is 0 Å². The molecular weight excluding hydrogens is 238 g/mol. The normalized spacial score (nSPS) is 13.8. The number of carbonyl (C=O) groups excluding carboxylic acids is 1. The van der Waals surface area contributed by atoms with E-state index in [0.29, 0.717) is 17.1 Å². The van der Waals surface area contributed by atoms with Gasteiger partial charge in [0, 0.05) is 17.3 Å². The highest BCUT2D eigenvalue weighted by atomic mass is 16.5. The van der Waals surface area contributed by atoms with E-state index >= 15 is 0 Å². The largest absolute Gasteiger partial charge is 0.481 e. The molecule has 1 aromatic rings. The second-order valence-corrected chi connectivity index (χ2v) is 3.67. The van der Waals surface area contributed by atoms with Crippen molar-refractivity contribution >= 4 is 5.97 Å². The van der Waals surface area contributed by atoms with Crippen molar-refractivity contribution in [3.8, 4) is 5.88 Å². The smallest absolute Gasteiger partial charge is 0.338 e. The van der Waals surface area contributed by atoms with Crippen molar-refractivity contribution in [2.45, 2.75) is 26.1 Å². The Balaban J connectivity index is 2.89. The highest BCUT2D eigenvalue weighted by Gasteiger charge is 2.28. The fourth-order valence-corrected chi connectivity index (χ4v) is 1.50. The van der Waals surface area contributed by atoms with E-state index in [1.54, 1.807) is 26.0 Å². The average Bonchev–Trinajstić information content (AvgIpc) is 2.37. The molecule has 0 aliphatic rings. The minimum absolute atomic E-state index is 0.141. The molecule has 0 amide bonds. The summed E-state index contributed by atoms with van der Waals surface area (Å²) in [5.74, 6) is -0.464. The lowest BCUT2D eigenvalue weighted by Gasteiger charge is -2.18. The van der Waals surface area contributed by atoms with Crippen LogP contribution in [0.2, 0.25) is 0 Å². The molecule has 100 valence electrons. The summed E-state index contributed by atoms with van der Waals surface area (Å²) in [5.41, 5.74) is 0.835. The Hall–Kier alpha value is -1.66. The van der Waals surface area contributed by atoms with E-state index in [-0.39, 0.29) is 6.61 Å². The first-order valence-electron chi connectivity index (χ1n) is 5.55. The second kappa shape index (κ2) is 6.32. The van der Waals surface area contributed by atoms with Gasteiger partial charge in [0.25, 0.3) is 0 Å². The minimum Gasteiger partial charge on any atom is -0.481 e. The number of rotatable bonds is 5. The number of aliphatic hydroxyl groups is 2. The maximum Gasteiger partial charge on any atom is 0.338 e. The van der Waals surface area contributed by atoms with Crippen molar-refractivity contribution < 1.29 is 24.5 Å². The molecule has 1 heterocycles. The highest BCUT2D eigenvalue weighted by molar-refractivity contribution is 5.75. The van der Waals surface area contributed by atoms with Crippen LogP contribution in [0, 0.1) is 6.92 Å². The van der Waals surface area contributed by atoms with Crippen LogP contribution in [0.1, 0.15) is 24.3 Å². The van der Waals surface area contributed by atoms with Gasteiger partial charge < -0.3 is 19.7 Å². The highest BCUT2D eigenvalue weighted by Crippen LogP contribution is 2.22. The fraction of sp³-hybridized carbons (Fsp3) is 0.500. The van der Waals surface area contributed by atoms with Gasteiger partial charge in [-0.25, -0.2) is 9.78 Å². The molecule has 0 aliphatic carbocycles. The molecule has 0 saturated heterocycles. The third-order valence-electron chi connectivity index (χ3n) is 2.46. The number of aromatic nitrogens is 1. The number of aryl methyl sites for hydroxylation is 1. The molecule has 2 atom stereocenters. The maximum absolute atomic E-state index is 11.3. The van der Waals surface area contributed by atoms with Crippen LogP contribution in [-0.2, 0) is 9.53 Å². The van der Waals surface area contributed by atoms with Crippen LogP contribution in [0.15, 0.2) is 12.1 Å². The molecule has 1 aromatic heterocycles. The molecule has 18 heavy (non-hydrogen) atoms. The molecule has 1 rings (SSSR count). The van der Waals surface area contributed by atoms with Crippen LogP contribution in [-0.4, -0.2) is 41.0 Å². The molecule has 6 nitrogen and oxygen atoms in total. The Morgan fingerprint density at radius 1 is 1.44 bits per heavy atom. The van der Waals surface area contributed by atoms with E-state index in [4.69, 9.17) is 4.74 Å². The van der Waals surface area contributed by atoms with Crippen molar-refractivity contribution in [1.29, 1.82) is 0 Å². The lowest BCUT2D eigenvalue weighted by Crippen LogP contribution is -2.30. The predicted molar refractivity (Wildman–Crippen MR) is 63.1 cm³/mol. The summed E-state index contributed by atoms with van der Waals surface area (Å²) in [4.78, 5) is 15.4. The molecule has 0 spiro atoms. The zero-order chi connectivity index (χ0) is 13.7. The number of hydrogen-bond acceptors (Lipinski definition) is 6. The second-order valence-electron chi connectivity index (χ2n) is 3.67. The lowest BCUT2D eigenvalue weighted by atomic mass is 10.0. The van der Waals surface area contributed by atoms with Gasteiger partial charge >= 0.3 is 5.97 Å². The molecule has 6 heteroatoms. The van der Waals surface area contributed by atoms with Crippen molar-refractivity contribution in [3.63, 3.8) is 0 Å². The molecule has 0 radical (unpaired) electrons. The number of pyridine rings is 1. The first-order valence-corrected chi connectivity index (χ1v) is 5.55. The molecule has 0 aliphatic heterocycles. The monoisotopic (exact) mass is 255 g/mol. The van der Waals surface area contributed by atoms with Gasteiger partial charge in [0.2, 0.25) is 5.88 Å². The summed E-state index contributed by atoms with van der Waals surface area (Å²) in [5, 5.41) is 19.5. The number of carbonyl (C=O) groups is 1. The van der Waals surface area contributed by atoms with Crippen LogP contribution in [0.25, 0.3) is 0 Å². The first kappa shape index (κ1) is 14.4. The van der Waals surface area contributed by atoms with Crippen LogP contribution in [0.4, 0.5) is 0 Å². The average molecular weight is 255 g/mol. The summed E-state index contributed by atoms with van der Waals surface area (Å²) < 4.78 is 9.57. The van der Waals surface area contributed by atoms with E-state index < -0.39 is 18.2 Å². The standard InChI is InChI=1S/C12H17NO5/c1-4-18-12(16)11(15)10(14)8-5-6-9(17-3)13-7(8)2/h5-6,10-11,14-15H,4H2,1-3H3. The lowest BCUT2D eigenvalue weighted by molar-refractivity contribution is -0.159. The number of esters is 1. The van der Waals surface area contributed by atoms with Gasteiger partial charge in [-0.1, -0.05) is 0 Å². The predicted octanol–water partition coefficient (Wildman–Crippen LogP) is 0.356. The van der Waals surface area contributed by atoms with Crippen LogP contribution >= 0.6 is 0 Å². The Morgan fingerprint density at radius 2 is 2.11 bits per heavy atom. The number of ether oxygens (including phenoxy) is 2. The van der Waals surface area contributed by atoms with E-state index in [1.165, 1.54) is 7.11 Å². The van der Waals surface area contributed by atoms with Gasteiger partial charge in [-0.05, 0) is 19.9 Å². The maximum atomic E-state index is 11.3. The summed E-state index contributed by atoms with van der Waals surface area (Å²) in [6.45, 7) is 3.42. The minimum atomic E-state index is -1.63. The Kier molecular flexibility index (Phi) is 5.06. The Bertz CT molecular complexity index is 421. The van der Waals surface area contributed by atoms with E-state index in [2.05, 4.69) is 9.72 Å². The molecule has 2 unspecified atom stereocenters. The number of methoxy groups -OCH3 is 1. The van der Waals surface area contributed by atoms with E-state index in [0.717, 1.165) is 0 Å². The first-order chi connectivity index (χ1) is 8.51. The quantitative estimate of drug-likeness (QED) is 0.738. The topological polar surface area (TPSA) is 88.9 Å². The number of hydrogen-bond donors (Lipinski definition) is 2. The number of nitrogens with zero attached hydrogens (tertiary/aromatic N) is 1. The van der Waals surface area contributed by atoms with Crippen molar-refractivity contribution in [3.05, 3.63) is 23.4 Å². The van der Waals surface area contributed by atoms with E-state index in [1.807, 2.05) is 0 Å².